The van der Waals surface area contributed by atoms with Gasteiger partial charge in [0.2, 0.25) is 11.8 Å². The number of ether oxygens (including phenoxy) is 2. The third-order valence-corrected chi connectivity index (χ3v) is 2.84. The Balaban J connectivity index is 2.16. The highest BCUT2D eigenvalue weighted by Crippen LogP contribution is 2.29. The Labute approximate surface area is 129 Å². The predicted octanol–water partition coefficient (Wildman–Crippen LogP) is 4.14. The van der Waals surface area contributed by atoms with Gasteiger partial charge < -0.3 is 14.8 Å². The lowest BCUT2D eigenvalue weighted by Gasteiger charge is -2.10. The quantitative estimate of drug-likeness (QED) is 0.833. The fourth-order valence-electron chi connectivity index (χ4n) is 1.65. The smallest absolute Gasteiger partial charge is 0.243 e. The van der Waals surface area contributed by atoms with Crippen LogP contribution in [0.1, 0.15) is 20.3 Å². The van der Waals surface area contributed by atoms with Crippen molar-refractivity contribution in [2.75, 3.05) is 18.5 Å². The Bertz CT molecular complexity index is 593. The molecule has 1 heterocycles. The van der Waals surface area contributed by atoms with Crippen molar-refractivity contribution in [3.05, 3.63) is 35.5 Å². The van der Waals surface area contributed by atoms with Crippen molar-refractivity contribution < 1.29 is 9.47 Å². The number of hydrogen-bond donors (Lipinski definition) is 1. The predicted molar refractivity (Wildman–Crippen MR) is 83.5 cm³/mol. The Morgan fingerprint density at radius 3 is 2.81 bits per heavy atom. The van der Waals surface area contributed by atoms with Gasteiger partial charge in [-0.2, -0.15) is 4.98 Å². The normalized spacial score (nSPS) is 10.2. The Morgan fingerprint density at radius 2 is 2.05 bits per heavy atom. The van der Waals surface area contributed by atoms with Crippen LogP contribution >= 0.6 is 11.6 Å². The zero-order valence-corrected chi connectivity index (χ0v) is 12.9. The van der Waals surface area contributed by atoms with E-state index in [1.807, 2.05) is 25.1 Å². The van der Waals surface area contributed by atoms with Gasteiger partial charge in [0.15, 0.2) is 0 Å². The summed E-state index contributed by atoms with van der Waals surface area (Å²) in [5.74, 6) is 2.17. The third-order valence-electron chi connectivity index (χ3n) is 2.58. The van der Waals surface area contributed by atoms with E-state index >= 15 is 0 Å². The SMILES string of the molecule is CCCNc1ncc(Cl)c(Oc2cccc(OCC)c2)n1. The first kappa shape index (κ1) is 15.4. The van der Waals surface area contributed by atoms with E-state index in [0.29, 0.717) is 29.2 Å². The molecule has 2 rings (SSSR count). The van der Waals surface area contributed by atoms with Crippen LogP contribution in [-0.2, 0) is 0 Å². The first-order chi connectivity index (χ1) is 10.2. The van der Waals surface area contributed by atoms with Gasteiger partial charge in [0.05, 0.1) is 12.8 Å². The molecule has 0 spiro atoms. The maximum atomic E-state index is 6.07. The second-order valence-electron chi connectivity index (χ2n) is 4.28. The van der Waals surface area contributed by atoms with Crippen LogP contribution in [0.2, 0.25) is 5.02 Å². The summed E-state index contributed by atoms with van der Waals surface area (Å²) in [6, 6.07) is 7.33. The Hall–Kier alpha value is -2.01. The summed E-state index contributed by atoms with van der Waals surface area (Å²) in [6.45, 7) is 5.39. The molecule has 1 N–H and O–H groups in total. The molecule has 0 unspecified atom stereocenters. The maximum Gasteiger partial charge on any atom is 0.243 e. The molecule has 0 aliphatic heterocycles. The molecular formula is C15H18ClN3O2. The van der Waals surface area contributed by atoms with Crippen molar-refractivity contribution in [3.8, 4) is 17.4 Å². The molecule has 0 fully saturated rings. The summed E-state index contributed by atoms with van der Waals surface area (Å²) in [5, 5.41) is 3.45. The zero-order chi connectivity index (χ0) is 15.1. The van der Waals surface area contributed by atoms with Crippen LogP contribution in [0, 0.1) is 0 Å². The lowest BCUT2D eigenvalue weighted by molar-refractivity contribution is 0.338. The molecule has 21 heavy (non-hydrogen) atoms. The molecule has 0 aliphatic carbocycles. The number of nitrogens with zero attached hydrogens (tertiary/aromatic N) is 2. The topological polar surface area (TPSA) is 56.3 Å². The maximum absolute atomic E-state index is 6.07. The van der Waals surface area contributed by atoms with Crippen molar-refractivity contribution in [3.63, 3.8) is 0 Å². The number of benzene rings is 1. The fourth-order valence-corrected chi connectivity index (χ4v) is 1.78. The summed E-state index contributed by atoms with van der Waals surface area (Å²) in [7, 11) is 0. The summed E-state index contributed by atoms with van der Waals surface area (Å²) < 4.78 is 11.1. The monoisotopic (exact) mass is 307 g/mol. The Kier molecular flexibility index (Phi) is 5.63. The first-order valence-corrected chi connectivity index (χ1v) is 7.27. The number of halogens is 1. The second-order valence-corrected chi connectivity index (χ2v) is 4.69. The second kappa shape index (κ2) is 7.69. The van der Waals surface area contributed by atoms with Gasteiger partial charge >= 0.3 is 0 Å². The van der Waals surface area contributed by atoms with Gasteiger partial charge in [-0.3, -0.25) is 0 Å². The highest BCUT2D eigenvalue weighted by molar-refractivity contribution is 6.31. The number of anilines is 1. The summed E-state index contributed by atoms with van der Waals surface area (Å²) >= 11 is 6.07. The molecular weight excluding hydrogens is 290 g/mol. The van der Waals surface area contributed by atoms with Crippen molar-refractivity contribution in [2.45, 2.75) is 20.3 Å². The standard InChI is InChI=1S/C15H18ClN3O2/c1-3-8-17-15-18-10-13(16)14(19-15)21-12-7-5-6-11(9-12)20-4-2/h5-7,9-10H,3-4,8H2,1-2H3,(H,17,18,19). The number of aromatic nitrogens is 2. The van der Waals surface area contributed by atoms with Crippen molar-refractivity contribution in [2.24, 2.45) is 0 Å². The van der Waals surface area contributed by atoms with Crippen LogP contribution in [-0.4, -0.2) is 23.1 Å². The summed E-state index contributed by atoms with van der Waals surface area (Å²) in [4.78, 5) is 8.37. The minimum absolute atomic E-state index is 0.318. The molecule has 6 heteroatoms. The van der Waals surface area contributed by atoms with Crippen LogP contribution in [0.15, 0.2) is 30.5 Å². The average molecular weight is 308 g/mol. The van der Waals surface area contributed by atoms with Crippen LogP contribution < -0.4 is 14.8 Å². The molecule has 0 saturated heterocycles. The van der Waals surface area contributed by atoms with E-state index in [-0.39, 0.29) is 0 Å². The van der Waals surface area contributed by atoms with Gasteiger partial charge in [0.25, 0.3) is 0 Å². The molecule has 0 amide bonds. The molecule has 0 radical (unpaired) electrons. The van der Waals surface area contributed by atoms with Gasteiger partial charge in [-0.15, -0.1) is 0 Å². The fraction of sp³-hybridized carbons (Fsp3) is 0.333. The zero-order valence-electron chi connectivity index (χ0n) is 12.1. The molecule has 0 atom stereocenters. The molecule has 2 aromatic rings. The van der Waals surface area contributed by atoms with Crippen molar-refractivity contribution >= 4 is 17.5 Å². The highest BCUT2D eigenvalue weighted by Gasteiger charge is 2.08. The number of rotatable bonds is 7. The van der Waals surface area contributed by atoms with Gasteiger partial charge in [-0.25, -0.2) is 4.98 Å². The molecule has 5 nitrogen and oxygen atoms in total. The van der Waals surface area contributed by atoms with Gasteiger partial charge in [-0.1, -0.05) is 24.6 Å². The number of nitrogens with one attached hydrogen (secondary N) is 1. The first-order valence-electron chi connectivity index (χ1n) is 6.90. The third kappa shape index (κ3) is 4.49. The Morgan fingerprint density at radius 1 is 1.24 bits per heavy atom. The van der Waals surface area contributed by atoms with E-state index in [0.717, 1.165) is 18.7 Å². The molecule has 0 bridgehead atoms. The van der Waals surface area contributed by atoms with Crippen LogP contribution in [0.5, 0.6) is 17.4 Å². The molecule has 1 aromatic carbocycles. The van der Waals surface area contributed by atoms with Crippen LogP contribution in [0.3, 0.4) is 0 Å². The number of hydrogen-bond acceptors (Lipinski definition) is 5. The molecule has 1 aromatic heterocycles. The van der Waals surface area contributed by atoms with E-state index in [9.17, 15) is 0 Å². The average Bonchev–Trinajstić information content (AvgIpc) is 2.49. The molecule has 112 valence electrons. The van der Waals surface area contributed by atoms with Crippen molar-refractivity contribution in [1.82, 2.24) is 9.97 Å². The van der Waals surface area contributed by atoms with E-state index in [1.54, 1.807) is 6.07 Å². The highest BCUT2D eigenvalue weighted by atomic mass is 35.5. The van der Waals surface area contributed by atoms with E-state index in [4.69, 9.17) is 21.1 Å². The van der Waals surface area contributed by atoms with Crippen molar-refractivity contribution in [1.29, 1.82) is 0 Å². The molecule has 0 saturated carbocycles. The van der Waals surface area contributed by atoms with Crippen LogP contribution in [0.4, 0.5) is 5.95 Å². The van der Waals surface area contributed by atoms with E-state index in [2.05, 4.69) is 22.2 Å². The van der Waals surface area contributed by atoms with E-state index < -0.39 is 0 Å². The largest absolute Gasteiger partial charge is 0.494 e. The van der Waals surface area contributed by atoms with Gasteiger partial charge in [0.1, 0.15) is 16.5 Å². The molecule has 0 aliphatic rings. The van der Waals surface area contributed by atoms with Crippen LogP contribution in [0.25, 0.3) is 0 Å². The van der Waals surface area contributed by atoms with Gasteiger partial charge in [0, 0.05) is 12.6 Å². The minimum Gasteiger partial charge on any atom is -0.494 e. The lowest BCUT2D eigenvalue weighted by atomic mass is 10.3. The van der Waals surface area contributed by atoms with Gasteiger partial charge in [-0.05, 0) is 25.5 Å². The minimum atomic E-state index is 0.318. The summed E-state index contributed by atoms with van der Waals surface area (Å²) in [6.07, 6.45) is 2.51. The lowest BCUT2D eigenvalue weighted by Crippen LogP contribution is -2.04. The van der Waals surface area contributed by atoms with E-state index in [1.165, 1.54) is 6.20 Å². The summed E-state index contributed by atoms with van der Waals surface area (Å²) in [5.41, 5.74) is 0.